The number of rotatable bonds is 6. The molecule has 0 atom stereocenters. The Balaban J connectivity index is 1.52. The number of ether oxygens (including phenoxy) is 3. The van der Waals surface area contributed by atoms with Crippen molar-refractivity contribution in [2.45, 2.75) is 58.0 Å². The van der Waals surface area contributed by atoms with E-state index >= 15 is 0 Å². The molecule has 0 aromatic heterocycles. The van der Waals surface area contributed by atoms with E-state index < -0.39 is 5.92 Å². The third-order valence-corrected chi connectivity index (χ3v) is 6.55. The number of carbonyl (C=O) groups is 2. The van der Waals surface area contributed by atoms with Crippen molar-refractivity contribution in [2.24, 2.45) is 0 Å². The molecule has 3 aliphatic rings. The number of hydrogen-bond donors (Lipinski definition) is 0. The van der Waals surface area contributed by atoms with Gasteiger partial charge in [-0.1, -0.05) is 18.2 Å². The van der Waals surface area contributed by atoms with Crippen LogP contribution < -0.4 is 9.47 Å². The van der Waals surface area contributed by atoms with Gasteiger partial charge in [-0.15, -0.1) is 0 Å². The van der Waals surface area contributed by atoms with E-state index in [0.29, 0.717) is 66.5 Å². The van der Waals surface area contributed by atoms with Gasteiger partial charge in [-0.3, -0.25) is 9.59 Å². The highest BCUT2D eigenvalue weighted by Crippen LogP contribution is 2.48. The number of allylic oxidation sites excluding steroid dienone is 4. The van der Waals surface area contributed by atoms with E-state index in [2.05, 4.69) is 0 Å². The fourth-order valence-corrected chi connectivity index (χ4v) is 4.98. The minimum atomic E-state index is -0.440. The molecule has 0 amide bonds. The van der Waals surface area contributed by atoms with Gasteiger partial charge in [-0.2, -0.15) is 0 Å². The van der Waals surface area contributed by atoms with Crippen molar-refractivity contribution in [1.29, 1.82) is 0 Å². The maximum absolute atomic E-state index is 13.2. The summed E-state index contributed by atoms with van der Waals surface area (Å²) in [6, 6.07) is 11.7. The zero-order chi connectivity index (χ0) is 23.7. The van der Waals surface area contributed by atoms with Gasteiger partial charge in [0.25, 0.3) is 0 Å². The molecule has 1 aliphatic heterocycles. The molecule has 176 valence electrons. The van der Waals surface area contributed by atoms with Gasteiger partial charge in [0, 0.05) is 42.7 Å². The van der Waals surface area contributed by atoms with Gasteiger partial charge in [0.2, 0.25) is 0 Å². The average molecular weight is 463 g/mol. The van der Waals surface area contributed by atoms with Crippen LogP contribution in [0, 0.1) is 5.82 Å². The maximum atomic E-state index is 13.2. The van der Waals surface area contributed by atoms with Crippen molar-refractivity contribution >= 4 is 11.6 Å². The highest BCUT2D eigenvalue weighted by atomic mass is 19.1. The lowest BCUT2D eigenvalue weighted by atomic mass is 9.73. The van der Waals surface area contributed by atoms with Gasteiger partial charge in [-0.25, -0.2) is 4.39 Å². The van der Waals surface area contributed by atoms with Crippen LogP contribution in [0.4, 0.5) is 4.39 Å². The molecule has 0 saturated carbocycles. The molecule has 2 aliphatic carbocycles. The van der Waals surface area contributed by atoms with Gasteiger partial charge in [0.15, 0.2) is 23.1 Å². The van der Waals surface area contributed by atoms with E-state index in [0.717, 1.165) is 24.0 Å². The lowest BCUT2D eigenvalue weighted by Crippen LogP contribution is -2.30. The summed E-state index contributed by atoms with van der Waals surface area (Å²) in [5.74, 6) is 1.88. The first kappa shape index (κ1) is 22.4. The van der Waals surface area contributed by atoms with E-state index in [-0.39, 0.29) is 24.0 Å². The number of benzene rings is 2. The molecule has 6 heteroatoms. The van der Waals surface area contributed by atoms with Crippen LogP contribution in [0.15, 0.2) is 65.1 Å². The monoisotopic (exact) mass is 462 g/mol. The lowest BCUT2D eigenvalue weighted by Gasteiger charge is -2.36. The molecule has 1 heterocycles. The number of halogens is 1. The summed E-state index contributed by atoms with van der Waals surface area (Å²) in [4.78, 5) is 26.0. The van der Waals surface area contributed by atoms with Crippen LogP contribution in [0.5, 0.6) is 11.5 Å². The van der Waals surface area contributed by atoms with Gasteiger partial charge in [0.1, 0.15) is 23.9 Å². The summed E-state index contributed by atoms with van der Waals surface area (Å²) in [7, 11) is 0. The Morgan fingerprint density at radius 3 is 2.12 bits per heavy atom. The Morgan fingerprint density at radius 2 is 1.50 bits per heavy atom. The number of carbonyl (C=O) groups excluding carboxylic acids is 2. The Hall–Kier alpha value is -3.41. The van der Waals surface area contributed by atoms with E-state index in [9.17, 15) is 14.0 Å². The van der Waals surface area contributed by atoms with Crippen LogP contribution in [0.25, 0.3) is 0 Å². The quantitative estimate of drug-likeness (QED) is 0.532. The van der Waals surface area contributed by atoms with E-state index in [1.165, 1.54) is 12.1 Å². The van der Waals surface area contributed by atoms with Crippen LogP contribution in [0.2, 0.25) is 0 Å². The molecule has 0 bridgehead atoms. The summed E-state index contributed by atoms with van der Waals surface area (Å²) in [5, 5.41) is 0. The largest absolute Gasteiger partial charge is 0.490 e. The number of Topliss-reactive ketones (excluding diaryl/α,β-unsaturated/α-hetero) is 2. The summed E-state index contributed by atoms with van der Waals surface area (Å²) >= 11 is 0. The highest BCUT2D eigenvalue weighted by Gasteiger charge is 2.41. The summed E-state index contributed by atoms with van der Waals surface area (Å²) < 4.78 is 31.2. The van der Waals surface area contributed by atoms with Crippen LogP contribution in [0.1, 0.15) is 62.5 Å². The van der Waals surface area contributed by atoms with E-state index in [1.807, 2.05) is 25.1 Å². The van der Waals surface area contributed by atoms with Crippen LogP contribution in [-0.2, 0) is 20.9 Å². The fourth-order valence-electron chi connectivity index (χ4n) is 4.98. The lowest BCUT2D eigenvalue weighted by molar-refractivity contribution is -0.117. The molecule has 5 rings (SSSR count). The van der Waals surface area contributed by atoms with Crippen molar-refractivity contribution in [2.75, 3.05) is 6.61 Å². The standard InChI is InChI=1S/C28H27FO5/c1-2-32-25-15-18(11-14-22(25)33-16-17-9-12-19(29)13-10-17)26-27-20(30)5-3-7-23(27)34-24-8-4-6-21(31)28(24)26/h9-15,26H,2-8,16H2,1H3. The van der Waals surface area contributed by atoms with Gasteiger partial charge < -0.3 is 14.2 Å². The predicted octanol–water partition coefficient (Wildman–Crippen LogP) is 5.93. The SMILES string of the molecule is CCOc1cc(C2C3=C(CCCC3=O)OC3=C2C(=O)CCC3)ccc1OCc1ccc(F)cc1. The maximum Gasteiger partial charge on any atom is 0.163 e. The van der Waals surface area contributed by atoms with Crippen molar-refractivity contribution in [3.05, 3.63) is 82.1 Å². The topological polar surface area (TPSA) is 61.8 Å². The predicted molar refractivity (Wildman–Crippen MR) is 124 cm³/mol. The van der Waals surface area contributed by atoms with E-state index in [1.54, 1.807) is 12.1 Å². The number of hydrogen-bond acceptors (Lipinski definition) is 5. The average Bonchev–Trinajstić information content (AvgIpc) is 2.83. The van der Waals surface area contributed by atoms with Crippen molar-refractivity contribution in [1.82, 2.24) is 0 Å². The molecule has 5 nitrogen and oxygen atoms in total. The first-order valence-electron chi connectivity index (χ1n) is 11.9. The molecule has 2 aromatic carbocycles. The second-order valence-electron chi connectivity index (χ2n) is 8.82. The molecule has 0 fully saturated rings. The Bertz CT molecular complexity index is 1150. The smallest absolute Gasteiger partial charge is 0.163 e. The normalized spacial score (nSPS) is 18.4. The Kier molecular flexibility index (Phi) is 6.22. The van der Waals surface area contributed by atoms with E-state index in [4.69, 9.17) is 14.2 Å². The second kappa shape index (κ2) is 9.45. The van der Waals surface area contributed by atoms with Crippen molar-refractivity contribution in [3.8, 4) is 11.5 Å². The molecule has 0 unspecified atom stereocenters. The highest BCUT2D eigenvalue weighted by molar-refractivity contribution is 6.05. The van der Waals surface area contributed by atoms with Gasteiger partial charge in [0.05, 0.1) is 6.61 Å². The molecule has 0 spiro atoms. The Morgan fingerprint density at radius 1 is 0.853 bits per heavy atom. The number of ketones is 2. The molecule has 0 saturated heterocycles. The van der Waals surface area contributed by atoms with Crippen LogP contribution in [0.3, 0.4) is 0 Å². The molecular weight excluding hydrogens is 435 g/mol. The fraction of sp³-hybridized carbons (Fsp3) is 0.357. The third kappa shape index (κ3) is 4.25. The van der Waals surface area contributed by atoms with Crippen molar-refractivity contribution in [3.63, 3.8) is 0 Å². The molecule has 2 aromatic rings. The molecule has 0 N–H and O–H groups in total. The Labute approximate surface area is 198 Å². The first-order valence-corrected chi connectivity index (χ1v) is 11.9. The summed E-state index contributed by atoms with van der Waals surface area (Å²) in [5.41, 5.74) is 2.89. The first-order chi connectivity index (χ1) is 16.5. The summed E-state index contributed by atoms with van der Waals surface area (Å²) in [6.45, 7) is 2.59. The second-order valence-corrected chi connectivity index (χ2v) is 8.82. The van der Waals surface area contributed by atoms with Crippen molar-refractivity contribution < 1.29 is 28.2 Å². The van der Waals surface area contributed by atoms with Crippen LogP contribution >= 0.6 is 0 Å². The zero-order valence-electron chi connectivity index (χ0n) is 19.2. The van der Waals surface area contributed by atoms with Crippen LogP contribution in [-0.4, -0.2) is 18.2 Å². The van der Waals surface area contributed by atoms with Gasteiger partial charge >= 0.3 is 0 Å². The molecular formula is C28H27FO5. The molecule has 0 radical (unpaired) electrons. The minimum absolute atomic E-state index is 0.0470. The third-order valence-electron chi connectivity index (χ3n) is 6.55. The van der Waals surface area contributed by atoms with Gasteiger partial charge in [-0.05, 0) is 55.2 Å². The zero-order valence-corrected chi connectivity index (χ0v) is 19.2. The molecule has 34 heavy (non-hydrogen) atoms. The summed E-state index contributed by atoms with van der Waals surface area (Å²) in [6.07, 6.45) is 3.88. The minimum Gasteiger partial charge on any atom is -0.490 e.